The van der Waals surface area contributed by atoms with Crippen LogP contribution in [-0.4, -0.2) is 22.2 Å². The van der Waals surface area contributed by atoms with E-state index in [1.807, 2.05) is 0 Å². The van der Waals surface area contributed by atoms with Crippen molar-refractivity contribution >= 4 is 29.7 Å². The van der Waals surface area contributed by atoms with Crippen LogP contribution in [0.15, 0.2) is 11.3 Å². The van der Waals surface area contributed by atoms with Crippen molar-refractivity contribution in [2.75, 3.05) is 5.32 Å². The molecule has 6 heteroatoms. The molecule has 5 nitrogen and oxygen atoms in total. The minimum atomic E-state index is -0.261. The molecule has 0 radical (unpaired) electrons. The number of nitrogens with zero attached hydrogens (tertiary/aromatic N) is 3. The van der Waals surface area contributed by atoms with Gasteiger partial charge in [0, 0.05) is 5.56 Å². The van der Waals surface area contributed by atoms with Gasteiger partial charge in [-0.1, -0.05) is 11.6 Å². The van der Waals surface area contributed by atoms with Gasteiger partial charge in [-0.15, -0.1) is 0 Å². The van der Waals surface area contributed by atoms with E-state index in [1.165, 1.54) is 12.7 Å². The van der Waals surface area contributed by atoms with Crippen molar-refractivity contribution in [1.29, 1.82) is 0 Å². The highest BCUT2D eigenvalue weighted by Crippen LogP contribution is 2.21. The number of aromatic nitrogens is 2. The molecule has 0 unspecified atom stereocenters. The van der Waals surface area contributed by atoms with E-state index in [1.54, 1.807) is 0 Å². The summed E-state index contributed by atoms with van der Waals surface area (Å²) < 4.78 is 0. The number of aliphatic imine (C=N–C) groups is 1. The molecule has 1 aromatic heterocycles. The Morgan fingerprint density at radius 1 is 1.46 bits per heavy atom. The first kappa shape index (κ1) is 8.12. The molecule has 1 N–H and O–H groups in total. The van der Waals surface area contributed by atoms with Gasteiger partial charge in [0.05, 0.1) is 12.8 Å². The average molecular weight is 197 g/mol. The van der Waals surface area contributed by atoms with Gasteiger partial charge < -0.3 is 5.32 Å². The third-order valence-corrected chi connectivity index (χ3v) is 1.96. The van der Waals surface area contributed by atoms with Gasteiger partial charge in [0.15, 0.2) is 0 Å². The van der Waals surface area contributed by atoms with Gasteiger partial charge in [0.25, 0.3) is 5.91 Å². The summed E-state index contributed by atoms with van der Waals surface area (Å²) in [5.41, 5.74) is 0.590. The number of halogens is 1. The topological polar surface area (TPSA) is 67.2 Å². The van der Waals surface area contributed by atoms with E-state index in [4.69, 9.17) is 11.6 Å². The van der Waals surface area contributed by atoms with E-state index in [-0.39, 0.29) is 17.5 Å². The number of hydrogen-bond donors (Lipinski definition) is 1. The van der Waals surface area contributed by atoms with Crippen LogP contribution >= 0.6 is 11.6 Å². The second-order valence-corrected chi connectivity index (χ2v) is 2.82. The number of amides is 1. The summed E-state index contributed by atoms with van der Waals surface area (Å²) in [7, 11) is 0. The second kappa shape index (κ2) is 3.10. The zero-order valence-electron chi connectivity index (χ0n) is 6.49. The largest absolute Gasteiger partial charge is 0.331 e. The Balaban J connectivity index is 2.52. The van der Waals surface area contributed by atoms with Crippen LogP contribution in [0.25, 0.3) is 0 Å². The van der Waals surface area contributed by atoms with Gasteiger partial charge in [-0.05, 0) is 0 Å². The van der Waals surface area contributed by atoms with Gasteiger partial charge in [-0.25, -0.2) is 15.0 Å². The summed E-state index contributed by atoms with van der Waals surface area (Å²) in [5.74, 6) is 0.276. The first-order chi connectivity index (χ1) is 6.27. The molecule has 1 aromatic rings. The van der Waals surface area contributed by atoms with E-state index in [0.717, 1.165) is 0 Å². The average Bonchev–Trinajstić information content (AvgIpc) is 2.28. The van der Waals surface area contributed by atoms with Crippen molar-refractivity contribution in [3.05, 3.63) is 17.0 Å². The van der Waals surface area contributed by atoms with Crippen molar-refractivity contribution in [2.24, 2.45) is 4.99 Å². The molecule has 0 saturated carbocycles. The zero-order valence-corrected chi connectivity index (χ0v) is 7.25. The Labute approximate surface area is 78.9 Å². The monoisotopic (exact) mass is 196 g/mol. The Morgan fingerprint density at radius 2 is 2.31 bits per heavy atom. The van der Waals surface area contributed by atoms with E-state index in [0.29, 0.717) is 11.4 Å². The molecule has 0 saturated heterocycles. The molecule has 2 rings (SSSR count). The molecule has 66 valence electrons. The highest BCUT2D eigenvalue weighted by atomic mass is 35.5. The molecular formula is C7H5ClN4O. The second-order valence-electron chi connectivity index (χ2n) is 2.46. The molecule has 0 spiro atoms. The minimum Gasteiger partial charge on any atom is -0.331 e. The number of anilines is 1. The van der Waals surface area contributed by atoms with Gasteiger partial charge in [-0.2, -0.15) is 0 Å². The van der Waals surface area contributed by atoms with Crippen LogP contribution in [-0.2, 0) is 11.2 Å². The van der Waals surface area contributed by atoms with Crippen LogP contribution in [0.4, 0.5) is 5.82 Å². The third kappa shape index (κ3) is 1.50. The van der Waals surface area contributed by atoms with Crippen molar-refractivity contribution in [1.82, 2.24) is 9.97 Å². The zero-order chi connectivity index (χ0) is 9.26. The van der Waals surface area contributed by atoms with Crippen molar-refractivity contribution < 1.29 is 4.79 Å². The summed E-state index contributed by atoms with van der Waals surface area (Å²) in [6.07, 6.45) is 2.77. The fraction of sp³-hybridized carbons (Fsp3) is 0.143. The van der Waals surface area contributed by atoms with Crippen LogP contribution in [0, 0.1) is 0 Å². The molecule has 13 heavy (non-hydrogen) atoms. The van der Waals surface area contributed by atoms with Gasteiger partial charge in [0.1, 0.15) is 17.3 Å². The Bertz CT molecular complexity index is 390. The number of carbonyl (C=O) groups excluding carboxylic acids is 1. The summed E-state index contributed by atoms with van der Waals surface area (Å²) >= 11 is 5.78. The fourth-order valence-electron chi connectivity index (χ4n) is 1.03. The lowest BCUT2D eigenvalue weighted by molar-refractivity contribution is -0.117. The number of carbonyl (C=O) groups is 1. The molecule has 2 heterocycles. The van der Waals surface area contributed by atoms with E-state index >= 15 is 0 Å². The maximum Gasteiger partial charge on any atom is 0.251 e. The Hall–Kier alpha value is -1.49. The highest BCUT2D eigenvalue weighted by molar-refractivity contribution is 6.30. The summed E-state index contributed by atoms with van der Waals surface area (Å²) in [6.45, 7) is 0. The smallest absolute Gasteiger partial charge is 0.251 e. The summed E-state index contributed by atoms with van der Waals surface area (Å²) in [6, 6.07) is 0. The lowest BCUT2D eigenvalue weighted by Gasteiger charge is -2.03. The van der Waals surface area contributed by atoms with Crippen molar-refractivity contribution in [3.63, 3.8) is 0 Å². The lowest BCUT2D eigenvalue weighted by atomic mass is 10.2. The summed E-state index contributed by atoms with van der Waals surface area (Å²) in [5, 5.41) is 3.04. The number of hydrogen-bond acceptors (Lipinski definition) is 4. The Morgan fingerprint density at radius 3 is 3.15 bits per heavy atom. The van der Waals surface area contributed by atoms with Crippen molar-refractivity contribution in [2.45, 2.75) is 6.42 Å². The minimum absolute atomic E-state index is 0.137. The first-order valence-corrected chi connectivity index (χ1v) is 3.96. The molecule has 0 atom stereocenters. The maximum absolute atomic E-state index is 11.0. The SMILES string of the molecule is O=C1Cc2c(Cl)ncnc2NC=N1. The molecule has 1 aliphatic heterocycles. The molecule has 0 fully saturated rings. The number of rotatable bonds is 0. The first-order valence-electron chi connectivity index (χ1n) is 3.58. The van der Waals surface area contributed by atoms with E-state index < -0.39 is 0 Å². The standard InChI is InChI=1S/C7H5ClN4O/c8-6-4-1-5(13)9-2-11-7(4)12-3-10-6/h2-3H,1H2,(H,9,10,11,12,13). The molecule has 0 aromatic carbocycles. The predicted octanol–water partition coefficient (Wildman–Crippen LogP) is 0.653. The molecule has 0 bridgehead atoms. The van der Waals surface area contributed by atoms with Crippen LogP contribution in [0.3, 0.4) is 0 Å². The third-order valence-electron chi connectivity index (χ3n) is 1.63. The van der Waals surface area contributed by atoms with Crippen LogP contribution < -0.4 is 5.32 Å². The number of fused-ring (bicyclic) bond motifs is 1. The van der Waals surface area contributed by atoms with Gasteiger partial charge in [-0.3, -0.25) is 4.79 Å². The Kier molecular flexibility index (Phi) is 1.94. The van der Waals surface area contributed by atoms with Gasteiger partial charge >= 0.3 is 0 Å². The number of nitrogens with one attached hydrogen (secondary N) is 1. The van der Waals surface area contributed by atoms with Crippen LogP contribution in [0.2, 0.25) is 5.15 Å². The normalized spacial score (nSPS) is 14.7. The van der Waals surface area contributed by atoms with E-state index in [9.17, 15) is 4.79 Å². The maximum atomic E-state index is 11.0. The molecule has 1 aliphatic rings. The lowest BCUT2D eigenvalue weighted by Crippen LogP contribution is -2.02. The van der Waals surface area contributed by atoms with Gasteiger partial charge in [0.2, 0.25) is 0 Å². The van der Waals surface area contributed by atoms with E-state index in [2.05, 4.69) is 20.3 Å². The summed E-state index contributed by atoms with van der Waals surface area (Å²) in [4.78, 5) is 22.3. The van der Waals surface area contributed by atoms with Crippen LogP contribution in [0.5, 0.6) is 0 Å². The fourth-order valence-corrected chi connectivity index (χ4v) is 1.23. The highest BCUT2D eigenvalue weighted by Gasteiger charge is 2.15. The molecule has 1 amide bonds. The molecular weight excluding hydrogens is 192 g/mol. The quantitative estimate of drug-likeness (QED) is 0.619. The van der Waals surface area contributed by atoms with Crippen LogP contribution in [0.1, 0.15) is 5.56 Å². The van der Waals surface area contributed by atoms with Crippen molar-refractivity contribution in [3.8, 4) is 0 Å². The predicted molar refractivity (Wildman–Crippen MR) is 47.9 cm³/mol. The molecule has 0 aliphatic carbocycles.